The molecule has 0 atom stereocenters. The number of nitrogens with zero attached hydrogens (tertiary/aromatic N) is 5. The number of halogens is 4. The van der Waals surface area contributed by atoms with Gasteiger partial charge in [0.1, 0.15) is 11.6 Å². The Balaban J connectivity index is 1.41. The van der Waals surface area contributed by atoms with Gasteiger partial charge in [0, 0.05) is 21.8 Å². The largest absolute Gasteiger partial charge is 0.306 e. The Morgan fingerprint density at radius 1 is 1.11 bits per heavy atom. The number of hydrogen-bond donors (Lipinski definition) is 1. The number of carbonyl (C=O) groups is 1. The number of aromatic nitrogens is 5. The van der Waals surface area contributed by atoms with Gasteiger partial charge in [-0.25, -0.2) is 18.4 Å². The normalized spacial score (nSPS) is 11.4. The number of nitrogens with one attached hydrogen (secondary N) is 1. The molecule has 0 saturated carbocycles. The van der Waals surface area contributed by atoms with Crippen LogP contribution in [0, 0.1) is 6.92 Å². The van der Waals surface area contributed by atoms with Crippen molar-refractivity contribution in [3.63, 3.8) is 0 Å². The zero-order chi connectivity index (χ0) is 26.1. The minimum absolute atomic E-state index is 0.178. The minimum Gasteiger partial charge on any atom is -0.306 e. The lowest BCUT2D eigenvalue weighted by molar-refractivity contribution is -0.116. The van der Waals surface area contributed by atoms with Gasteiger partial charge in [-0.3, -0.25) is 9.48 Å². The average molecular weight is 586 g/mol. The molecular weight excluding hydrogens is 566 g/mol. The van der Waals surface area contributed by atoms with E-state index in [1.165, 1.54) is 10.7 Å². The lowest BCUT2D eigenvalue weighted by Crippen LogP contribution is -2.20. The Morgan fingerprint density at radius 3 is 2.54 bits per heavy atom. The third-order valence-corrected chi connectivity index (χ3v) is 6.54. The fourth-order valence-corrected chi connectivity index (χ4v) is 4.54. The van der Waals surface area contributed by atoms with Gasteiger partial charge < -0.3 is 5.32 Å². The van der Waals surface area contributed by atoms with Crippen LogP contribution in [0.25, 0.3) is 22.3 Å². The quantitative estimate of drug-likeness (QED) is 0.232. The van der Waals surface area contributed by atoms with Crippen molar-refractivity contribution in [3.05, 3.63) is 93.2 Å². The number of aryl methyl sites for hydroxylation is 1. The molecule has 3 aromatic heterocycles. The standard InChI is InChI=1S/C26H20BrClF2N6O/c1-15-23-19(24(29)30)11-21(17-5-3-2-4-6-17)31-26(23)36(33-15)14-22(37)32-25-20(28)13-35(34-25)12-16-7-9-18(27)10-8-16/h2-11,13,24H,12,14H2,1H3,(H,32,34,37). The van der Waals surface area contributed by atoms with Gasteiger partial charge in [-0.05, 0) is 30.7 Å². The third-order valence-electron chi connectivity index (χ3n) is 5.74. The van der Waals surface area contributed by atoms with Crippen molar-refractivity contribution >= 4 is 50.3 Å². The van der Waals surface area contributed by atoms with Crippen LogP contribution in [0.2, 0.25) is 5.02 Å². The topological polar surface area (TPSA) is 77.6 Å². The van der Waals surface area contributed by atoms with Crippen molar-refractivity contribution in [2.75, 3.05) is 5.32 Å². The molecule has 37 heavy (non-hydrogen) atoms. The minimum atomic E-state index is -2.73. The van der Waals surface area contributed by atoms with Crippen molar-refractivity contribution in [2.24, 2.45) is 0 Å². The highest BCUT2D eigenvalue weighted by molar-refractivity contribution is 9.10. The number of alkyl halides is 2. The number of pyridine rings is 1. The van der Waals surface area contributed by atoms with E-state index >= 15 is 0 Å². The fraction of sp³-hybridized carbons (Fsp3) is 0.154. The number of benzene rings is 2. The second kappa shape index (κ2) is 10.4. The van der Waals surface area contributed by atoms with E-state index in [2.05, 4.69) is 36.4 Å². The van der Waals surface area contributed by atoms with Crippen LogP contribution in [0.4, 0.5) is 14.6 Å². The Morgan fingerprint density at radius 2 is 1.84 bits per heavy atom. The van der Waals surface area contributed by atoms with E-state index < -0.39 is 12.3 Å². The molecular formula is C26H20BrClF2N6O. The first-order valence-corrected chi connectivity index (χ1v) is 12.4. The molecule has 1 amide bonds. The summed E-state index contributed by atoms with van der Waals surface area (Å²) in [7, 11) is 0. The van der Waals surface area contributed by atoms with Crippen molar-refractivity contribution in [3.8, 4) is 11.3 Å². The summed E-state index contributed by atoms with van der Waals surface area (Å²) in [6, 6.07) is 18.1. The highest BCUT2D eigenvalue weighted by Gasteiger charge is 2.22. The van der Waals surface area contributed by atoms with E-state index in [0.29, 0.717) is 23.5 Å². The molecule has 0 saturated heterocycles. The smallest absolute Gasteiger partial charge is 0.264 e. The molecule has 11 heteroatoms. The van der Waals surface area contributed by atoms with Crippen LogP contribution in [-0.4, -0.2) is 30.5 Å². The number of amides is 1. The first-order chi connectivity index (χ1) is 17.8. The van der Waals surface area contributed by atoms with Crippen molar-refractivity contribution in [1.82, 2.24) is 24.5 Å². The summed E-state index contributed by atoms with van der Waals surface area (Å²) in [4.78, 5) is 17.5. The molecule has 0 unspecified atom stereocenters. The van der Waals surface area contributed by atoms with Gasteiger partial charge in [-0.15, -0.1) is 0 Å². The highest BCUT2D eigenvalue weighted by atomic mass is 79.9. The van der Waals surface area contributed by atoms with Crippen LogP contribution >= 0.6 is 27.5 Å². The molecule has 0 aliphatic heterocycles. The molecule has 0 aliphatic rings. The molecule has 5 aromatic rings. The average Bonchev–Trinajstić information content (AvgIpc) is 3.38. The van der Waals surface area contributed by atoms with Gasteiger partial charge in [0.2, 0.25) is 5.91 Å². The molecule has 0 radical (unpaired) electrons. The van der Waals surface area contributed by atoms with Gasteiger partial charge >= 0.3 is 0 Å². The zero-order valence-electron chi connectivity index (χ0n) is 19.5. The summed E-state index contributed by atoms with van der Waals surface area (Å²) in [5.74, 6) is -0.270. The van der Waals surface area contributed by atoms with E-state index in [0.717, 1.165) is 10.0 Å². The van der Waals surface area contributed by atoms with Crippen LogP contribution in [-0.2, 0) is 17.9 Å². The van der Waals surface area contributed by atoms with Gasteiger partial charge in [-0.2, -0.15) is 10.2 Å². The number of fused-ring (bicyclic) bond motifs is 1. The lowest BCUT2D eigenvalue weighted by Gasteiger charge is -2.09. The van der Waals surface area contributed by atoms with Gasteiger partial charge in [0.25, 0.3) is 6.43 Å². The van der Waals surface area contributed by atoms with Gasteiger partial charge in [-0.1, -0.05) is 70.0 Å². The van der Waals surface area contributed by atoms with E-state index in [-0.39, 0.29) is 34.0 Å². The number of carbonyl (C=O) groups excluding carboxylic acids is 1. The molecule has 0 fully saturated rings. The monoisotopic (exact) mass is 584 g/mol. The first kappa shape index (κ1) is 25.0. The molecule has 1 N–H and O–H groups in total. The van der Waals surface area contributed by atoms with Gasteiger partial charge in [0.05, 0.1) is 23.3 Å². The summed E-state index contributed by atoms with van der Waals surface area (Å²) in [6.45, 7) is 1.83. The number of hydrogen-bond acceptors (Lipinski definition) is 4. The number of anilines is 1. The van der Waals surface area contributed by atoms with Crippen LogP contribution in [0.15, 0.2) is 71.3 Å². The first-order valence-electron chi connectivity index (χ1n) is 11.3. The second-order valence-electron chi connectivity index (χ2n) is 8.40. The van der Waals surface area contributed by atoms with Crippen LogP contribution in [0.3, 0.4) is 0 Å². The molecule has 2 aromatic carbocycles. The Hall–Kier alpha value is -3.63. The maximum Gasteiger partial charge on any atom is 0.264 e. The van der Waals surface area contributed by atoms with Crippen LogP contribution in [0.5, 0.6) is 0 Å². The Bertz CT molecular complexity index is 1580. The van der Waals surface area contributed by atoms with Crippen molar-refractivity contribution in [1.29, 1.82) is 0 Å². The Kier molecular flexibility index (Phi) is 7.03. The molecule has 0 bridgehead atoms. The third kappa shape index (κ3) is 5.40. The molecule has 0 aliphatic carbocycles. The van der Waals surface area contributed by atoms with E-state index in [1.54, 1.807) is 42.1 Å². The maximum absolute atomic E-state index is 14.0. The highest BCUT2D eigenvalue weighted by Crippen LogP contribution is 2.33. The molecule has 188 valence electrons. The summed E-state index contributed by atoms with van der Waals surface area (Å²) in [5.41, 5.74) is 2.46. The summed E-state index contributed by atoms with van der Waals surface area (Å²) < 4.78 is 31.9. The zero-order valence-corrected chi connectivity index (χ0v) is 21.8. The summed E-state index contributed by atoms with van der Waals surface area (Å²) in [6.07, 6.45) is -1.11. The summed E-state index contributed by atoms with van der Waals surface area (Å²) in [5, 5.41) is 11.9. The predicted octanol–water partition coefficient (Wildman–Crippen LogP) is 6.64. The van der Waals surface area contributed by atoms with Crippen LogP contribution < -0.4 is 5.32 Å². The second-order valence-corrected chi connectivity index (χ2v) is 9.73. The molecule has 0 spiro atoms. The van der Waals surface area contributed by atoms with Gasteiger partial charge in [0.15, 0.2) is 11.5 Å². The van der Waals surface area contributed by atoms with Crippen molar-refractivity contribution < 1.29 is 13.6 Å². The predicted molar refractivity (Wildman–Crippen MR) is 142 cm³/mol. The van der Waals surface area contributed by atoms with Crippen molar-refractivity contribution in [2.45, 2.75) is 26.4 Å². The van der Waals surface area contributed by atoms with Crippen LogP contribution in [0.1, 0.15) is 23.2 Å². The van der Waals surface area contributed by atoms with E-state index in [1.807, 2.05) is 30.3 Å². The van der Waals surface area contributed by atoms with E-state index in [9.17, 15) is 13.6 Å². The molecule has 5 rings (SSSR count). The number of rotatable bonds is 7. The molecule has 3 heterocycles. The summed E-state index contributed by atoms with van der Waals surface area (Å²) >= 11 is 9.71. The SMILES string of the molecule is Cc1nn(CC(=O)Nc2nn(Cc3ccc(Br)cc3)cc2Cl)c2nc(-c3ccccc3)cc(C(F)F)c12. The van der Waals surface area contributed by atoms with E-state index in [4.69, 9.17) is 11.6 Å². The maximum atomic E-state index is 14.0. The lowest BCUT2D eigenvalue weighted by atomic mass is 10.1. The Labute approximate surface area is 224 Å². The molecule has 7 nitrogen and oxygen atoms in total. The fourth-order valence-electron chi connectivity index (χ4n) is 4.07.